The molecular weight excluding hydrogens is 386 g/mol. The lowest BCUT2D eigenvalue weighted by atomic mass is 9.42. The van der Waals surface area contributed by atoms with Crippen molar-refractivity contribution >= 4 is 11.5 Å². The van der Waals surface area contributed by atoms with E-state index >= 15 is 0 Å². The number of hydrogen-bond acceptors (Lipinski definition) is 4. The highest BCUT2D eigenvalue weighted by molar-refractivity contribution is 5.90. The topological polar surface area (TPSA) is 69.9 Å². The molecule has 5 aliphatic rings. The van der Waals surface area contributed by atoms with Crippen LogP contribution >= 0.6 is 0 Å². The maximum Gasteiger partial charge on any atom is 0.165 e. The van der Waals surface area contributed by atoms with Gasteiger partial charge in [-0.2, -0.15) is 0 Å². The number of aliphatic hydroxyl groups excluding tert-OH is 1. The van der Waals surface area contributed by atoms with Crippen molar-refractivity contribution in [2.24, 2.45) is 51.3 Å². The van der Waals surface area contributed by atoms with Crippen molar-refractivity contribution in [2.45, 2.75) is 104 Å². The molecule has 4 saturated carbocycles. The molecule has 1 aliphatic heterocycles. The summed E-state index contributed by atoms with van der Waals surface area (Å²) in [5, 5.41) is 21.8. The third kappa shape index (κ3) is 3.06. The number of aliphatic imine (C=N–C) groups is 1. The molecule has 0 unspecified atom stereocenters. The average molecular weight is 430 g/mol. The van der Waals surface area contributed by atoms with E-state index in [0.29, 0.717) is 36.0 Å². The molecule has 1 heterocycles. The summed E-state index contributed by atoms with van der Waals surface area (Å²) in [5.74, 6) is 3.35. The molecule has 0 aromatic carbocycles. The quantitative estimate of drug-likeness (QED) is 0.662. The molecule has 0 bridgehead atoms. The maximum absolute atomic E-state index is 13.4. The van der Waals surface area contributed by atoms with Gasteiger partial charge in [0.05, 0.1) is 6.10 Å². The first kappa shape index (κ1) is 22.1. The SMILES string of the molecule is C[C@@H]1CCC([C@@H](C)[C@H]2CC[C@H]3[C@@H]4CC(=O)[C@]5(O)C[C@@H](O)CC[C@]5(C)[C@H]4CC[C@]23C)=NC1. The molecule has 2 N–H and O–H groups in total. The van der Waals surface area contributed by atoms with Crippen LogP contribution in [0.3, 0.4) is 0 Å². The summed E-state index contributed by atoms with van der Waals surface area (Å²) in [5.41, 5.74) is 0.0422. The Morgan fingerprint density at radius 2 is 1.84 bits per heavy atom. The standard InChI is InChI=1S/C27H43NO3/c1-16-5-8-23(28-15-16)17(2)20-6-7-21-19-13-24(30)27(31)14-18(29)9-12-26(27,4)22(19)10-11-25(20,21)3/h16-22,29,31H,5-15H2,1-4H3/t16-,17+,18+,19+,20-,21+,22+,25-,26-,27-/m1/s1. The van der Waals surface area contributed by atoms with Gasteiger partial charge in [0.15, 0.2) is 5.78 Å². The smallest absolute Gasteiger partial charge is 0.165 e. The van der Waals surface area contributed by atoms with Crippen molar-refractivity contribution in [3.05, 3.63) is 0 Å². The monoisotopic (exact) mass is 429 g/mol. The Kier molecular flexibility index (Phi) is 5.26. The normalized spacial score (nSPS) is 53.2. The van der Waals surface area contributed by atoms with Crippen molar-refractivity contribution in [1.29, 1.82) is 0 Å². The number of aliphatic hydroxyl groups is 2. The van der Waals surface area contributed by atoms with Gasteiger partial charge < -0.3 is 10.2 Å². The van der Waals surface area contributed by atoms with E-state index in [9.17, 15) is 15.0 Å². The van der Waals surface area contributed by atoms with Gasteiger partial charge in [-0.15, -0.1) is 0 Å². The molecule has 174 valence electrons. The van der Waals surface area contributed by atoms with Crippen LogP contribution in [0.5, 0.6) is 0 Å². The Balaban J connectivity index is 1.41. The Labute approximate surface area is 188 Å². The van der Waals surface area contributed by atoms with Crippen LogP contribution in [0, 0.1) is 46.3 Å². The molecule has 0 radical (unpaired) electrons. The predicted molar refractivity (Wildman–Crippen MR) is 123 cm³/mol. The fraction of sp³-hybridized carbons (Fsp3) is 0.926. The number of rotatable bonds is 2. The third-order valence-electron chi connectivity index (χ3n) is 11.3. The summed E-state index contributed by atoms with van der Waals surface area (Å²) in [6.45, 7) is 10.4. The summed E-state index contributed by atoms with van der Waals surface area (Å²) in [6, 6.07) is 0. The summed E-state index contributed by atoms with van der Waals surface area (Å²) >= 11 is 0. The van der Waals surface area contributed by atoms with Crippen molar-refractivity contribution in [3.63, 3.8) is 0 Å². The summed E-state index contributed by atoms with van der Waals surface area (Å²) in [4.78, 5) is 18.4. The van der Waals surface area contributed by atoms with E-state index in [-0.39, 0.29) is 23.0 Å². The van der Waals surface area contributed by atoms with E-state index in [0.717, 1.165) is 38.1 Å². The highest BCUT2D eigenvalue weighted by Crippen LogP contribution is 2.68. The Morgan fingerprint density at radius 1 is 1.06 bits per heavy atom. The molecule has 0 aromatic heterocycles. The van der Waals surface area contributed by atoms with Crippen LogP contribution in [-0.2, 0) is 4.79 Å². The largest absolute Gasteiger partial charge is 0.393 e. The van der Waals surface area contributed by atoms with Crippen molar-refractivity contribution in [3.8, 4) is 0 Å². The number of nitrogens with zero attached hydrogens (tertiary/aromatic N) is 1. The zero-order valence-electron chi connectivity index (χ0n) is 20.1. The number of fused-ring (bicyclic) bond motifs is 5. The Bertz CT molecular complexity index is 778. The second-order valence-corrected chi connectivity index (χ2v) is 12.7. The van der Waals surface area contributed by atoms with Crippen LogP contribution < -0.4 is 0 Å². The van der Waals surface area contributed by atoms with Crippen LogP contribution in [0.4, 0.5) is 0 Å². The minimum Gasteiger partial charge on any atom is -0.393 e. The minimum absolute atomic E-state index is 0.0152. The first-order valence-corrected chi connectivity index (χ1v) is 13.1. The number of hydrogen-bond donors (Lipinski definition) is 2. The van der Waals surface area contributed by atoms with E-state index in [4.69, 9.17) is 4.99 Å². The first-order valence-electron chi connectivity index (χ1n) is 13.1. The second kappa shape index (κ2) is 7.38. The summed E-state index contributed by atoms with van der Waals surface area (Å²) in [6.07, 6.45) is 8.96. The van der Waals surface area contributed by atoms with Gasteiger partial charge in [-0.1, -0.05) is 27.7 Å². The molecule has 0 aromatic rings. The van der Waals surface area contributed by atoms with Gasteiger partial charge in [0, 0.05) is 30.5 Å². The second-order valence-electron chi connectivity index (χ2n) is 12.7. The molecule has 4 nitrogen and oxygen atoms in total. The van der Waals surface area contributed by atoms with Gasteiger partial charge in [-0.05, 0) is 92.3 Å². The molecule has 31 heavy (non-hydrogen) atoms. The van der Waals surface area contributed by atoms with E-state index in [1.54, 1.807) is 0 Å². The number of Topliss-reactive ketones (excluding diaryl/α,β-unsaturated/α-hetero) is 1. The van der Waals surface area contributed by atoms with Gasteiger partial charge in [-0.25, -0.2) is 0 Å². The molecule has 4 heteroatoms. The Morgan fingerprint density at radius 3 is 2.55 bits per heavy atom. The third-order valence-corrected chi connectivity index (χ3v) is 11.3. The van der Waals surface area contributed by atoms with Crippen LogP contribution in [0.25, 0.3) is 0 Å². The number of carbonyl (C=O) groups is 1. The fourth-order valence-electron chi connectivity index (χ4n) is 9.32. The minimum atomic E-state index is -1.32. The van der Waals surface area contributed by atoms with E-state index in [2.05, 4.69) is 27.7 Å². The Hall–Kier alpha value is -0.740. The van der Waals surface area contributed by atoms with Crippen LogP contribution in [0.1, 0.15) is 91.9 Å². The van der Waals surface area contributed by atoms with Crippen LogP contribution in [0.15, 0.2) is 4.99 Å². The molecular formula is C27H43NO3. The van der Waals surface area contributed by atoms with Crippen LogP contribution in [0.2, 0.25) is 0 Å². The van der Waals surface area contributed by atoms with Gasteiger partial charge in [0.25, 0.3) is 0 Å². The lowest BCUT2D eigenvalue weighted by Gasteiger charge is -2.63. The lowest BCUT2D eigenvalue weighted by molar-refractivity contribution is -0.213. The summed E-state index contributed by atoms with van der Waals surface area (Å²) in [7, 11) is 0. The maximum atomic E-state index is 13.4. The van der Waals surface area contributed by atoms with Gasteiger partial charge in [0.2, 0.25) is 0 Å². The first-order chi connectivity index (χ1) is 14.6. The van der Waals surface area contributed by atoms with E-state index in [1.807, 2.05) is 0 Å². The molecule has 0 saturated heterocycles. The van der Waals surface area contributed by atoms with Gasteiger partial charge in [-0.3, -0.25) is 9.79 Å². The zero-order chi connectivity index (χ0) is 22.2. The van der Waals surface area contributed by atoms with Gasteiger partial charge >= 0.3 is 0 Å². The number of ketones is 1. The van der Waals surface area contributed by atoms with Crippen LogP contribution in [-0.4, -0.2) is 40.0 Å². The van der Waals surface area contributed by atoms with Crippen molar-refractivity contribution in [2.75, 3.05) is 6.54 Å². The van der Waals surface area contributed by atoms with E-state index in [1.165, 1.54) is 31.4 Å². The van der Waals surface area contributed by atoms with Crippen molar-refractivity contribution < 1.29 is 15.0 Å². The molecule has 0 amide bonds. The van der Waals surface area contributed by atoms with Crippen molar-refractivity contribution in [1.82, 2.24) is 0 Å². The predicted octanol–water partition coefficient (Wildman–Crippen LogP) is 4.81. The summed E-state index contributed by atoms with van der Waals surface area (Å²) < 4.78 is 0. The van der Waals surface area contributed by atoms with E-state index < -0.39 is 11.7 Å². The highest BCUT2D eigenvalue weighted by atomic mass is 16.3. The van der Waals surface area contributed by atoms with Gasteiger partial charge in [0.1, 0.15) is 5.60 Å². The zero-order valence-corrected chi connectivity index (χ0v) is 20.1. The molecule has 5 rings (SSSR count). The molecule has 10 atom stereocenters. The lowest BCUT2D eigenvalue weighted by Crippen LogP contribution is -2.67. The fourth-order valence-corrected chi connectivity index (χ4v) is 9.32. The molecule has 4 fully saturated rings. The number of carbonyl (C=O) groups excluding carboxylic acids is 1. The average Bonchev–Trinajstić information content (AvgIpc) is 3.08. The molecule has 4 aliphatic carbocycles. The highest BCUT2D eigenvalue weighted by Gasteiger charge is 2.67. The molecule has 0 spiro atoms.